The van der Waals surface area contributed by atoms with Crippen molar-refractivity contribution in [2.45, 2.75) is 56.3 Å². The molecule has 3 N–H and O–H groups in total. The number of hydrogen-bond acceptors (Lipinski definition) is 8. The van der Waals surface area contributed by atoms with Gasteiger partial charge in [-0.2, -0.15) is 9.04 Å². The Balaban J connectivity index is 1.45. The van der Waals surface area contributed by atoms with Gasteiger partial charge in [-0.25, -0.2) is 13.4 Å². The average Bonchev–Trinajstić information content (AvgIpc) is 3.09. The van der Waals surface area contributed by atoms with Gasteiger partial charge in [0.2, 0.25) is 5.91 Å². The monoisotopic (exact) mass is 556 g/mol. The van der Waals surface area contributed by atoms with E-state index in [9.17, 15) is 28.3 Å². The summed E-state index contributed by atoms with van der Waals surface area (Å²) in [7, 11) is -4.15. The topological polar surface area (TPSA) is 169 Å². The van der Waals surface area contributed by atoms with Gasteiger partial charge < -0.3 is 20.9 Å². The predicted molar refractivity (Wildman–Crippen MR) is 142 cm³/mol. The highest BCUT2D eigenvalue weighted by molar-refractivity contribution is 7.88. The molecule has 1 fully saturated rings. The molecule has 39 heavy (non-hydrogen) atoms. The molecular formula is C26H32N6O6S. The number of aromatic nitrogens is 3. The zero-order valence-corrected chi connectivity index (χ0v) is 22.5. The molecule has 3 aromatic rings. The van der Waals surface area contributed by atoms with Crippen LogP contribution in [0.3, 0.4) is 0 Å². The second kappa shape index (κ2) is 12.0. The maximum atomic E-state index is 13.3. The second-order valence-electron chi connectivity index (χ2n) is 9.95. The Morgan fingerprint density at radius 3 is 2.62 bits per heavy atom. The first kappa shape index (κ1) is 28.3. The third-order valence-electron chi connectivity index (χ3n) is 6.51. The third kappa shape index (κ3) is 6.67. The summed E-state index contributed by atoms with van der Waals surface area (Å²) >= 11 is 0. The molecule has 1 saturated heterocycles. The van der Waals surface area contributed by atoms with E-state index < -0.39 is 45.1 Å². The van der Waals surface area contributed by atoms with Gasteiger partial charge in [-0.15, -0.1) is 0 Å². The van der Waals surface area contributed by atoms with Gasteiger partial charge in [0.1, 0.15) is 11.7 Å². The SMILES string of the molecule is CC(C)CC(NC(=O)c1cnc2ccccc2n1)C(=O)NC1CCCN(S(=O)(=O)c2cccc[n+]2[O-])C[C@@H]1O. The van der Waals surface area contributed by atoms with Crippen LogP contribution in [0.4, 0.5) is 0 Å². The van der Waals surface area contributed by atoms with Gasteiger partial charge in [0.25, 0.3) is 5.91 Å². The maximum Gasteiger partial charge on any atom is 0.323 e. The third-order valence-corrected chi connectivity index (χ3v) is 8.36. The molecule has 0 aliphatic carbocycles. The van der Waals surface area contributed by atoms with Crippen molar-refractivity contribution in [2.24, 2.45) is 5.92 Å². The number of para-hydroxylation sites is 2. The Kier molecular flexibility index (Phi) is 8.73. The number of fused-ring (bicyclic) bond motifs is 1. The number of pyridine rings is 1. The van der Waals surface area contributed by atoms with Crippen LogP contribution in [0.1, 0.15) is 43.6 Å². The van der Waals surface area contributed by atoms with Gasteiger partial charge in [-0.05, 0) is 43.4 Å². The number of aliphatic hydroxyl groups excluding tert-OH is 1. The van der Waals surface area contributed by atoms with Crippen molar-refractivity contribution in [3.8, 4) is 0 Å². The zero-order chi connectivity index (χ0) is 28.2. The molecular weight excluding hydrogens is 524 g/mol. The summed E-state index contributed by atoms with van der Waals surface area (Å²) < 4.78 is 27.4. The minimum atomic E-state index is -4.15. The van der Waals surface area contributed by atoms with Crippen molar-refractivity contribution in [1.29, 1.82) is 0 Å². The highest BCUT2D eigenvalue weighted by Crippen LogP contribution is 2.19. The number of aliphatic hydroxyl groups is 1. The summed E-state index contributed by atoms with van der Waals surface area (Å²) in [4.78, 5) is 34.8. The molecule has 0 spiro atoms. The number of carbonyl (C=O) groups excluding carboxylic acids is 2. The van der Waals surface area contributed by atoms with Crippen molar-refractivity contribution in [3.05, 3.63) is 65.8 Å². The first-order valence-corrected chi connectivity index (χ1v) is 14.2. The molecule has 0 saturated carbocycles. The van der Waals surface area contributed by atoms with E-state index in [4.69, 9.17) is 0 Å². The number of sulfonamides is 1. The van der Waals surface area contributed by atoms with E-state index in [0.29, 0.717) is 30.3 Å². The number of β-amino-alcohol motifs (C(OH)–C–C–N with tert-alkyl or cyclic N) is 1. The van der Waals surface area contributed by atoms with Crippen LogP contribution in [0.25, 0.3) is 11.0 Å². The lowest BCUT2D eigenvalue weighted by Gasteiger charge is -2.27. The molecule has 2 amide bonds. The van der Waals surface area contributed by atoms with Crippen LogP contribution >= 0.6 is 0 Å². The summed E-state index contributed by atoms with van der Waals surface area (Å²) in [5.74, 6) is -0.985. The van der Waals surface area contributed by atoms with Gasteiger partial charge in [0, 0.05) is 25.2 Å². The van der Waals surface area contributed by atoms with Gasteiger partial charge in [0.05, 0.1) is 29.4 Å². The van der Waals surface area contributed by atoms with Crippen molar-refractivity contribution in [1.82, 2.24) is 24.9 Å². The Bertz CT molecular complexity index is 1450. The molecule has 3 heterocycles. The largest absolute Gasteiger partial charge is 0.618 e. The minimum Gasteiger partial charge on any atom is -0.618 e. The molecule has 1 aliphatic heterocycles. The van der Waals surface area contributed by atoms with E-state index in [1.54, 1.807) is 18.2 Å². The quantitative estimate of drug-likeness (QED) is 0.270. The molecule has 0 bridgehead atoms. The fourth-order valence-corrected chi connectivity index (χ4v) is 6.05. The maximum absolute atomic E-state index is 13.3. The summed E-state index contributed by atoms with van der Waals surface area (Å²) in [6, 6.07) is 9.54. The average molecular weight is 557 g/mol. The van der Waals surface area contributed by atoms with Crippen LogP contribution in [-0.4, -0.2) is 70.9 Å². The smallest absolute Gasteiger partial charge is 0.323 e. The van der Waals surface area contributed by atoms with E-state index in [1.807, 2.05) is 19.9 Å². The molecule has 2 aromatic heterocycles. The van der Waals surface area contributed by atoms with Gasteiger partial charge in [-0.1, -0.05) is 26.0 Å². The molecule has 12 nitrogen and oxygen atoms in total. The summed E-state index contributed by atoms with van der Waals surface area (Å²) in [6.45, 7) is 3.61. The Labute approximate surface area is 226 Å². The number of hydrogen-bond donors (Lipinski definition) is 3. The highest BCUT2D eigenvalue weighted by atomic mass is 32.2. The van der Waals surface area contributed by atoms with E-state index >= 15 is 0 Å². The van der Waals surface area contributed by atoms with Crippen LogP contribution in [-0.2, 0) is 14.8 Å². The molecule has 3 atom stereocenters. The van der Waals surface area contributed by atoms with E-state index in [2.05, 4.69) is 20.6 Å². The van der Waals surface area contributed by atoms with E-state index in [-0.39, 0.29) is 29.4 Å². The Morgan fingerprint density at radius 1 is 1.18 bits per heavy atom. The second-order valence-corrected chi connectivity index (χ2v) is 11.8. The number of amides is 2. The minimum absolute atomic E-state index is 0.0630. The van der Waals surface area contributed by atoms with Crippen LogP contribution in [0.2, 0.25) is 0 Å². The van der Waals surface area contributed by atoms with Crippen molar-refractivity contribution in [3.63, 3.8) is 0 Å². The van der Waals surface area contributed by atoms with Crippen molar-refractivity contribution in [2.75, 3.05) is 13.1 Å². The first-order valence-electron chi connectivity index (χ1n) is 12.8. The Morgan fingerprint density at radius 2 is 1.90 bits per heavy atom. The van der Waals surface area contributed by atoms with E-state index in [0.717, 1.165) is 10.5 Å². The first-order chi connectivity index (χ1) is 18.6. The number of benzene rings is 1. The van der Waals surface area contributed by atoms with Gasteiger partial charge in [0.15, 0.2) is 6.20 Å². The standard InChI is InChI=1S/C26H32N6O6S/c1-17(2)14-21(30-26(35)22-15-27-18-8-3-4-9-19(18)28-22)25(34)29-20-10-7-12-31(16-23(20)33)39(37,38)24-11-5-6-13-32(24)36/h3-6,8-9,11,13,15,17,20-21,23,33H,7,10,12,14,16H2,1-2H3,(H,29,34)(H,30,35)/t20?,21?,23-/m0/s1. The van der Waals surface area contributed by atoms with E-state index in [1.165, 1.54) is 24.4 Å². The molecule has 1 aliphatic rings. The molecule has 13 heteroatoms. The van der Waals surface area contributed by atoms with Gasteiger partial charge in [-0.3, -0.25) is 14.6 Å². The van der Waals surface area contributed by atoms with Crippen LogP contribution in [0, 0.1) is 11.1 Å². The lowest BCUT2D eigenvalue weighted by molar-refractivity contribution is -0.646. The number of rotatable bonds is 8. The van der Waals surface area contributed by atoms with Gasteiger partial charge >= 0.3 is 15.0 Å². The Hall–Kier alpha value is -3.68. The molecule has 4 rings (SSSR count). The predicted octanol–water partition coefficient (Wildman–Crippen LogP) is 0.738. The number of carbonyl (C=O) groups is 2. The number of nitrogens with zero attached hydrogens (tertiary/aromatic N) is 4. The summed E-state index contributed by atoms with van der Waals surface area (Å²) in [5.41, 5.74) is 1.26. The lowest BCUT2D eigenvalue weighted by atomic mass is 10.0. The fourth-order valence-electron chi connectivity index (χ4n) is 4.52. The zero-order valence-electron chi connectivity index (χ0n) is 21.7. The van der Waals surface area contributed by atoms with Crippen LogP contribution in [0.5, 0.6) is 0 Å². The summed E-state index contributed by atoms with van der Waals surface area (Å²) in [5, 5.41) is 28.0. The lowest BCUT2D eigenvalue weighted by Crippen LogP contribution is -2.54. The van der Waals surface area contributed by atoms with Crippen molar-refractivity contribution < 1.29 is 27.8 Å². The molecule has 1 aromatic carbocycles. The normalized spacial score (nSPS) is 19.4. The van der Waals surface area contributed by atoms with Crippen LogP contribution in [0.15, 0.2) is 59.9 Å². The molecule has 0 radical (unpaired) electrons. The fraction of sp³-hybridized carbons (Fsp3) is 0.423. The highest BCUT2D eigenvalue weighted by Gasteiger charge is 2.37. The number of nitrogens with one attached hydrogen (secondary N) is 2. The molecule has 2 unspecified atom stereocenters. The summed E-state index contributed by atoms with van der Waals surface area (Å²) in [6.07, 6.45) is 2.21. The molecule has 208 valence electrons. The van der Waals surface area contributed by atoms with Crippen molar-refractivity contribution >= 4 is 32.9 Å². The van der Waals surface area contributed by atoms with Crippen LogP contribution < -0.4 is 15.4 Å².